The lowest BCUT2D eigenvalue weighted by molar-refractivity contribution is -0.152. The number of aromatic nitrogens is 2. The molecule has 0 aromatic carbocycles. The van der Waals surface area contributed by atoms with Crippen molar-refractivity contribution in [1.29, 1.82) is 0 Å². The minimum absolute atomic E-state index is 0.0656. The molecule has 0 radical (unpaired) electrons. The van der Waals surface area contributed by atoms with Gasteiger partial charge in [-0.1, -0.05) is 6.42 Å². The fourth-order valence-corrected chi connectivity index (χ4v) is 4.21. The Bertz CT molecular complexity index is 507. The van der Waals surface area contributed by atoms with Crippen LogP contribution in [0.3, 0.4) is 0 Å². The van der Waals surface area contributed by atoms with E-state index in [0.717, 1.165) is 30.9 Å². The van der Waals surface area contributed by atoms with Gasteiger partial charge in [0.1, 0.15) is 6.61 Å². The molecule has 2 fully saturated rings. The maximum atomic E-state index is 12.2. The Morgan fingerprint density at radius 1 is 1.55 bits per heavy atom. The molecule has 7 heteroatoms. The normalized spacial score (nSPS) is 28.7. The van der Waals surface area contributed by atoms with Gasteiger partial charge in [0.25, 0.3) is 0 Å². The van der Waals surface area contributed by atoms with Crippen molar-refractivity contribution < 1.29 is 14.3 Å². The summed E-state index contributed by atoms with van der Waals surface area (Å²) in [6.07, 6.45) is 3.12. The highest BCUT2D eigenvalue weighted by Gasteiger charge is 2.55. The van der Waals surface area contributed by atoms with E-state index in [2.05, 4.69) is 14.3 Å². The van der Waals surface area contributed by atoms with Crippen molar-refractivity contribution in [2.24, 2.45) is 11.3 Å². The number of hydrogen-bond donors (Lipinski definition) is 0. The lowest BCUT2D eigenvalue weighted by Gasteiger charge is -2.25. The maximum Gasteiger partial charge on any atom is 0.313 e. The van der Waals surface area contributed by atoms with Crippen molar-refractivity contribution in [3.63, 3.8) is 0 Å². The third-order valence-electron chi connectivity index (χ3n) is 4.46. The van der Waals surface area contributed by atoms with Crippen LogP contribution >= 0.6 is 11.5 Å². The number of esters is 1. The highest BCUT2D eigenvalue weighted by atomic mass is 32.1. The minimum atomic E-state index is -0.332. The lowest BCUT2D eigenvalue weighted by Crippen LogP contribution is -2.36. The number of carbonyl (C=O) groups excluding carboxylic acids is 1. The first-order chi connectivity index (χ1) is 9.69. The largest absolute Gasteiger partial charge is 0.469 e. The van der Waals surface area contributed by atoms with Crippen LogP contribution in [-0.4, -0.2) is 42.6 Å². The van der Waals surface area contributed by atoms with Gasteiger partial charge in [-0.25, -0.2) is 4.98 Å². The number of anilines is 1. The van der Waals surface area contributed by atoms with Gasteiger partial charge in [-0.05, 0) is 18.8 Å². The van der Waals surface area contributed by atoms with Crippen molar-refractivity contribution in [2.45, 2.75) is 25.9 Å². The van der Waals surface area contributed by atoms with Gasteiger partial charge in [0.15, 0.2) is 5.82 Å². The fraction of sp³-hybridized carbons (Fsp3) is 0.769. The average Bonchev–Trinajstić information content (AvgIpc) is 3.10. The molecule has 1 saturated heterocycles. The standard InChI is InChI=1S/C13H19N3O3S/c1-18-7-10-14-12(20-15-10)16-6-9-4-3-5-13(9,8-16)11(17)19-2/h9H,3-8H2,1-2H3. The molecule has 2 heterocycles. The smallest absolute Gasteiger partial charge is 0.313 e. The second-order valence-corrected chi connectivity index (χ2v) is 6.27. The van der Waals surface area contributed by atoms with Crippen molar-refractivity contribution in [3.8, 4) is 0 Å². The average molecular weight is 297 g/mol. The Morgan fingerprint density at radius 3 is 3.15 bits per heavy atom. The predicted molar refractivity (Wildman–Crippen MR) is 74.6 cm³/mol. The number of fused-ring (bicyclic) bond motifs is 1. The molecule has 20 heavy (non-hydrogen) atoms. The van der Waals surface area contributed by atoms with Crippen molar-refractivity contribution >= 4 is 22.6 Å². The summed E-state index contributed by atoms with van der Waals surface area (Å²) in [4.78, 5) is 18.9. The molecule has 0 bridgehead atoms. The van der Waals surface area contributed by atoms with Crippen LogP contribution in [-0.2, 0) is 20.9 Å². The molecule has 3 rings (SSSR count). The molecule has 1 aliphatic heterocycles. The molecule has 2 atom stereocenters. The quantitative estimate of drug-likeness (QED) is 0.784. The summed E-state index contributed by atoms with van der Waals surface area (Å²) in [5.74, 6) is 1.02. The molecule has 1 saturated carbocycles. The summed E-state index contributed by atoms with van der Waals surface area (Å²) in [7, 11) is 3.12. The zero-order valence-electron chi connectivity index (χ0n) is 11.8. The van der Waals surface area contributed by atoms with Crippen LogP contribution in [0, 0.1) is 11.3 Å². The molecular weight excluding hydrogens is 278 g/mol. The summed E-state index contributed by atoms with van der Waals surface area (Å²) in [6.45, 7) is 2.00. The van der Waals surface area contributed by atoms with Crippen LogP contribution in [0.25, 0.3) is 0 Å². The second-order valence-electron chi connectivity index (χ2n) is 5.54. The van der Waals surface area contributed by atoms with Crippen LogP contribution < -0.4 is 4.90 Å². The molecule has 2 aliphatic rings. The molecule has 0 spiro atoms. The van der Waals surface area contributed by atoms with Gasteiger partial charge >= 0.3 is 5.97 Å². The summed E-state index contributed by atoms with van der Waals surface area (Å²) in [6, 6.07) is 0. The molecule has 1 aromatic heterocycles. The summed E-state index contributed by atoms with van der Waals surface area (Å²) >= 11 is 1.38. The SMILES string of the molecule is COCc1nsc(N2CC3CCCC3(C(=O)OC)C2)n1. The molecule has 0 amide bonds. The Balaban J connectivity index is 1.79. The highest BCUT2D eigenvalue weighted by molar-refractivity contribution is 7.09. The van der Waals surface area contributed by atoms with Crippen LogP contribution in [0.5, 0.6) is 0 Å². The fourth-order valence-electron chi connectivity index (χ4n) is 3.53. The van der Waals surface area contributed by atoms with Gasteiger partial charge in [-0.15, -0.1) is 0 Å². The molecule has 0 N–H and O–H groups in total. The number of carbonyl (C=O) groups is 1. The van der Waals surface area contributed by atoms with E-state index in [1.807, 2.05) is 0 Å². The van der Waals surface area contributed by atoms with E-state index < -0.39 is 0 Å². The van der Waals surface area contributed by atoms with Gasteiger partial charge in [0.2, 0.25) is 5.13 Å². The number of methoxy groups -OCH3 is 2. The van der Waals surface area contributed by atoms with Gasteiger partial charge < -0.3 is 14.4 Å². The second kappa shape index (κ2) is 5.29. The Kier molecular flexibility index (Phi) is 3.64. The van der Waals surface area contributed by atoms with Crippen LogP contribution in [0.1, 0.15) is 25.1 Å². The van der Waals surface area contributed by atoms with E-state index in [9.17, 15) is 4.79 Å². The van der Waals surface area contributed by atoms with Crippen molar-refractivity contribution in [1.82, 2.24) is 9.36 Å². The highest BCUT2D eigenvalue weighted by Crippen LogP contribution is 2.50. The van der Waals surface area contributed by atoms with Gasteiger partial charge in [0, 0.05) is 31.7 Å². The third kappa shape index (κ3) is 2.09. The Labute approximate surface area is 122 Å². The van der Waals surface area contributed by atoms with Gasteiger partial charge in [0.05, 0.1) is 12.5 Å². The van der Waals surface area contributed by atoms with E-state index >= 15 is 0 Å². The van der Waals surface area contributed by atoms with Crippen molar-refractivity contribution in [2.75, 3.05) is 32.2 Å². The van der Waals surface area contributed by atoms with Crippen LogP contribution in [0.4, 0.5) is 5.13 Å². The summed E-state index contributed by atoms with van der Waals surface area (Å²) in [5.41, 5.74) is -0.332. The first-order valence-electron chi connectivity index (χ1n) is 6.84. The first-order valence-corrected chi connectivity index (χ1v) is 7.62. The van der Waals surface area contributed by atoms with E-state index in [1.54, 1.807) is 7.11 Å². The number of rotatable bonds is 4. The van der Waals surface area contributed by atoms with Crippen molar-refractivity contribution in [3.05, 3.63) is 5.82 Å². The molecule has 2 unspecified atom stereocenters. The van der Waals surface area contributed by atoms with E-state index in [4.69, 9.17) is 9.47 Å². The lowest BCUT2D eigenvalue weighted by atomic mass is 9.81. The van der Waals surface area contributed by atoms with E-state index in [0.29, 0.717) is 24.9 Å². The van der Waals surface area contributed by atoms with Gasteiger partial charge in [-0.2, -0.15) is 4.37 Å². The zero-order valence-corrected chi connectivity index (χ0v) is 12.6. The van der Waals surface area contributed by atoms with E-state index in [1.165, 1.54) is 18.6 Å². The van der Waals surface area contributed by atoms with Gasteiger partial charge in [-0.3, -0.25) is 4.79 Å². The topological polar surface area (TPSA) is 64.5 Å². The number of nitrogens with zero attached hydrogens (tertiary/aromatic N) is 3. The third-order valence-corrected chi connectivity index (χ3v) is 5.28. The van der Waals surface area contributed by atoms with Crippen LogP contribution in [0.15, 0.2) is 0 Å². The minimum Gasteiger partial charge on any atom is -0.469 e. The number of ether oxygens (including phenoxy) is 2. The molecule has 1 aliphatic carbocycles. The Morgan fingerprint density at radius 2 is 2.40 bits per heavy atom. The molecule has 110 valence electrons. The molecule has 1 aromatic rings. The monoisotopic (exact) mass is 297 g/mol. The first kappa shape index (κ1) is 13.8. The zero-order chi connectivity index (χ0) is 14.2. The molecular formula is C13H19N3O3S. The predicted octanol–water partition coefficient (Wildman–Crippen LogP) is 1.46. The Hall–Kier alpha value is -1.21. The van der Waals surface area contributed by atoms with E-state index in [-0.39, 0.29) is 11.4 Å². The number of hydrogen-bond acceptors (Lipinski definition) is 7. The molecule has 6 nitrogen and oxygen atoms in total. The van der Waals surface area contributed by atoms with Crippen LogP contribution in [0.2, 0.25) is 0 Å². The maximum absolute atomic E-state index is 12.2. The summed E-state index contributed by atoms with van der Waals surface area (Å²) < 4.78 is 14.4. The summed E-state index contributed by atoms with van der Waals surface area (Å²) in [5, 5.41) is 0.884.